The van der Waals surface area contributed by atoms with Crippen molar-refractivity contribution in [1.29, 1.82) is 0 Å². The Kier molecular flexibility index (Phi) is 4.89. The van der Waals surface area contributed by atoms with Crippen LogP contribution in [0.2, 0.25) is 0 Å². The number of hydrogen-bond donors (Lipinski definition) is 1. The SMILES string of the molecule is C#CCN(CC(=O)O)Cc1nnc(-c2ccc(Br)s2)o1. The average Bonchev–Trinajstić information content (AvgIpc) is 2.97. The van der Waals surface area contributed by atoms with Gasteiger partial charge in [0.15, 0.2) is 0 Å². The number of carbonyl (C=O) groups is 1. The van der Waals surface area contributed by atoms with E-state index in [9.17, 15) is 4.79 Å². The standard InChI is InChI=1S/C12H10BrN3O3S/c1-2-5-16(7-11(17)18)6-10-14-15-12(19-10)8-3-4-9(13)20-8/h1,3-4H,5-7H2,(H,17,18). The Balaban J connectivity index is 2.08. The van der Waals surface area contributed by atoms with Crippen molar-refractivity contribution in [1.82, 2.24) is 15.1 Å². The van der Waals surface area contributed by atoms with Crippen molar-refractivity contribution >= 4 is 33.2 Å². The molecule has 0 aromatic carbocycles. The molecule has 0 amide bonds. The Morgan fingerprint density at radius 3 is 2.95 bits per heavy atom. The number of halogens is 1. The highest BCUT2D eigenvalue weighted by atomic mass is 79.9. The maximum atomic E-state index is 10.7. The first kappa shape index (κ1) is 14.7. The van der Waals surface area contributed by atoms with E-state index in [-0.39, 0.29) is 19.6 Å². The fourth-order valence-electron chi connectivity index (χ4n) is 1.53. The van der Waals surface area contributed by atoms with Gasteiger partial charge in [-0.05, 0) is 28.1 Å². The van der Waals surface area contributed by atoms with Gasteiger partial charge in [-0.3, -0.25) is 9.69 Å². The number of terminal acetylenes is 1. The molecule has 0 aliphatic rings. The molecule has 8 heteroatoms. The van der Waals surface area contributed by atoms with Crippen LogP contribution in [0, 0.1) is 12.3 Å². The zero-order valence-electron chi connectivity index (χ0n) is 10.2. The summed E-state index contributed by atoms with van der Waals surface area (Å²) in [6, 6.07) is 3.75. The maximum Gasteiger partial charge on any atom is 0.317 e. The Morgan fingerprint density at radius 1 is 1.55 bits per heavy atom. The molecule has 0 saturated heterocycles. The van der Waals surface area contributed by atoms with Gasteiger partial charge in [-0.25, -0.2) is 0 Å². The van der Waals surface area contributed by atoms with Crippen LogP contribution in [0.5, 0.6) is 0 Å². The van der Waals surface area contributed by atoms with Crippen LogP contribution in [0.15, 0.2) is 20.3 Å². The monoisotopic (exact) mass is 355 g/mol. The summed E-state index contributed by atoms with van der Waals surface area (Å²) < 4.78 is 6.47. The van der Waals surface area contributed by atoms with E-state index in [2.05, 4.69) is 32.0 Å². The Hall–Kier alpha value is -1.69. The molecule has 2 rings (SSSR count). The van der Waals surface area contributed by atoms with Crippen LogP contribution in [-0.2, 0) is 11.3 Å². The van der Waals surface area contributed by atoms with Crippen LogP contribution < -0.4 is 0 Å². The lowest BCUT2D eigenvalue weighted by Gasteiger charge is -2.14. The zero-order chi connectivity index (χ0) is 14.5. The molecular weight excluding hydrogens is 346 g/mol. The first-order valence-electron chi connectivity index (χ1n) is 5.54. The van der Waals surface area contributed by atoms with E-state index in [4.69, 9.17) is 15.9 Å². The largest absolute Gasteiger partial charge is 0.480 e. The number of carboxylic acids is 1. The molecular formula is C12H10BrN3O3S. The van der Waals surface area contributed by atoms with Crippen molar-refractivity contribution < 1.29 is 14.3 Å². The van der Waals surface area contributed by atoms with E-state index >= 15 is 0 Å². The number of hydrogen-bond acceptors (Lipinski definition) is 6. The summed E-state index contributed by atoms with van der Waals surface area (Å²) >= 11 is 4.83. The first-order valence-corrected chi connectivity index (χ1v) is 7.15. The van der Waals surface area contributed by atoms with Crippen molar-refractivity contribution in [2.24, 2.45) is 0 Å². The number of nitrogens with zero attached hydrogens (tertiary/aromatic N) is 3. The molecule has 20 heavy (non-hydrogen) atoms. The number of aliphatic carboxylic acids is 1. The van der Waals surface area contributed by atoms with Crippen LogP contribution in [0.4, 0.5) is 0 Å². The van der Waals surface area contributed by atoms with Gasteiger partial charge < -0.3 is 9.52 Å². The highest BCUT2D eigenvalue weighted by Crippen LogP contribution is 2.30. The smallest absolute Gasteiger partial charge is 0.317 e. The van der Waals surface area contributed by atoms with E-state index in [0.717, 1.165) is 8.66 Å². The summed E-state index contributed by atoms with van der Waals surface area (Å²) in [6.45, 7) is 0.233. The second-order valence-electron chi connectivity index (χ2n) is 3.85. The predicted octanol–water partition coefficient (Wildman–Crippen LogP) is 2.08. The number of thiophene rings is 1. The highest BCUT2D eigenvalue weighted by Gasteiger charge is 2.15. The third-order valence-electron chi connectivity index (χ3n) is 2.28. The normalized spacial score (nSPS) is 10.7. The second-order valence-corrected chi connectivity index (χ2v) is 6.31. The molecule has 0 spiro atoms. The lowest BCUT2D eigenvalue weighted by atomic mass is 10.4. The topological polar surface area (TPSA) is 79.5 Å². The van der Waals surface area contributed by atoms with Gasteiger partial charge >= 0.3 is 5.97 Å². The lowest BCUT2D eigenvalue weighted by molar-refractivity contribution is -0.138. The Labute approximate surface area is 127 Å². The number of carboxylic acid groups (broad SMARTS) is 1. The van der Waals surface area contributed by atoms with Crippen LogP contribution in [0.3, 0.4) is 0 Å². The van der Waals surface area contributed by atoms with Crippen LogP contribution in [-0.4, -0.2) is 39.3 Å². The van der Waals surface area contributed by atoms with E-state index in [1.807, 2.05) is 12.1 Å². The van der Waals surface area contributed by atoms with Crippen LogP contribution in [0.1, 0.15) is 5.89 Å². The lowest BCUT2D eigenvalue weighted by Crippen LogP contribution is -2.29. The minimum absolute atomic E-state index is 0.174. The van der Waals surface area contributed by atoms with E-state index < -0.39 is 5.97 Å². The molecule has 0 atom stereocenters. The fourth-order valence-corrected chi connectivity index (χ4v) is 2.83. The fraction of sp³-hybridized carbons (Fsp3) is 0.250. The molecule has 104 valence electrons. The molecule has 0 saturated carbocycles. The van der Waals surface area contributed by atoms with E-state index in [1.165, 1.54) is 16.2 Å². The maximum absolute atomic E-state index is 10.7. The second kappa shape index (κ2) is 6.65. The van der Waals surface area contributed by atoms with Gasteiger partial charge in [-0.2, -0.15) is 0 Å². The van der Waals surface area contributed by atoms with Gasteiger partial charge in [0.05, 0.1) is 28.3 Å². The van der Waals surface area contributed by atoms with Crippen LogP contribution in [0.25, 0.3) is 10.8 Å². The van der Waals surface area contributed by atoms with Gasteiger partial charge in [0.1, 0.15) is 0 Å². The Morgan fingerprint density at radius 2 is 2.35 bits per heavy atom. The van der Waals surface area contributed by atoms with Gasteiger partial charge in [-0.1, -0.05) is 5.92 Å². The first-order chi connectivity index (χ1) is 9.58. The molecule has 0 radical (unpaired) electrons. The summed E-state index contributed by atoms with van der Waals surface area (Å²) in [7, 11) is 0. The summed E-state index contributed by atoms with van der Waals surface area (Å²) in [5.41, 5.74) is 0. The van der Waals surface area contributed by atoms with E-state index in [0.29, 0.717) is 11.8 Å². The van der Waals surface area contributed by atoms with Crippen LogP contribution >= 0.6 is 27.3 Å². The molecule has 2 heterocycles. The minimum Gasteiger partial charge on any atom is -0.480 e. The van der Waals surface area contributed by atoms with E-state index in [1.54, 1.807) is 0 Å². The van der Waals surface area contributed by atoms with Gasteiger partial charge in [0.2, 0.25) is 5.89 Å². The third kappa shape index (κ3) is 3.90. The quantitative estimate of drug-likeness (QED) is 0.799. The van der Waals surface area contributed by atoms with Crippen molar-refractivity contribution in [2.75, 3.05) is 13.1 Å². The van der Waals surface area contributed by atoms with Crippen molar-refractivity contribution in [2.45, 2.75) is 6.54 Å². The van der Waals surface area contributed by atoms with Crippen molar-refractivity contribution in [3.63, 3.8) is 0 Å². The summed E-state index contributed by atoms with van der Waals surface area (Å²) in [6.07, 6.45) is 5.20. The van der Waals surface area contributed by atoms with Gasteiger partial charge in [0.25, 0.3) is 5.89 Å². The van der Waals surface area contributed by atoms with Crippen molar-refractivity contribution in [3.8, 4) is 23.1 Å². The Bertz CT molecular complexity index is 646. The average molecular weight is 356 g/mol. The third-order valence-corrected chi connectivity index (χ3v) is 3.90. The summed E-state index contributed by atoms with van der Waals surface area (Å²) in [5, 5.41) is 16.6. The molecule has 6 nitrogen and oxygen atoms in total. The molecule has 0 aliphatic heterocycles. The summed E-state index contributed by atoms with van der Waals surface area (Å²) in [5.74, 6) is 2.19. The molecule has 0 fully saturated rings. The molecule has 2 aromatic heterocycles. The minimum atomic E-state index is -0.956. The molecule has 0 aliphatic carbocycles. The number of aromatic nitrogens is 2. The molecule has 1 N–H and O–H groups in total. The molecule has 0 bridgehead atoms. The van der Waals surface area contributed by atoms with Crippen molar-refractivity contribution in [3.05, 3.63) is 21.8 Å². The highest BCUT2D eigenvalue weighted by molar-refractivity contribution is 9.11. The number of rotatable bonds is 6. The predicted molar refractivity (Wildman–Crippen MR) is 77.1 cm³/mol. The van der Waals surface area contributed by atoms with Gasteiger partial charge in [-0.15, -0.1) is 28.0 Å². The summed E-state index contributed by atoms with van der Waals surface area (Å²) in [4.78, 5) is 13.1. The molecule has 0 unspecified atom stereocenters. The van der Waals surface area contributed by atoms with Gasteiger partial charge in [0, 0.05) is 0 Å². The zero-order valence-corrected chi connectivity index (χ0v) is 12.6. The molecule has 2 aromatic rings.